The van der Waals surface area contributed by atoms with Crippen LogP contribution >= 0.6 is 23.2 Å². The van der Waals surface area contributed by atoms with Crippen LogP contribution in [0.2, 0.25) is 0 Å². The maximum Gasteiger partial charge on any atom is 0.314 e. The normalized spacial score (nSPS) is 23.2. The average molecular weight is 321 g/mol. The van der Waals surface area contributed by atoms with Crippen LogP contribution in [-0.2, 0) is 9.53 Å². The summed E-state index contributed by atoms with van der Waals surface area (Å²) < 4.78 is 22.1. The first kappa shape index (κ1) is 15.4. The molecule has 1 fully saturated rings. The smallest absolute Gasteiger partial charge is 0.314 e. The summed E-state index contributed by atoms with van der Waals surface area (Å²) in [7, 11) is 0. The molecule has 1 saturated carbocycles. The molecule has 1 aliphatic rings. The predicted molar refractivity (Wildman–Crippen MR) is 74.6 cm³/mol. The van der Waals surface area contributed by atoms with Crippen LogP contribution in [-0.4, -0.2) is 23.5 Å². The fourth-order valence-corrected chi connectivity index (χ4v) is 2.41. The molecule has 1 aromatic carbocycles. The molecular weight excluding hydrogens is 306 g/mol. The van der Waals surface area contributed by atoms with E-state index in [9.17, 15) is 9.18 Å². The van der Waals surface area contributed by atoms with Crippen LogP contribution in [0.3, 0.4) is 0 Å². The van der Waals surface area contributed by atoms with E-state index < -0.39 is 9.75 Å². The number of rotatable bonds is 6. The standard InChI is InChI=1S/C14H15Cl2FO3/c1-13(9-14(13,15)16)12(18)20-8-2-7-19-11-5-3-10(17)4-6-11/h3-6H,2,7-9H2,1H3. The first-order chi connectivity index (χ1) is 9.35. The van der Waals surface area contributed by atoms with Crippen LogP contribution in [0.25, 0.3) is 0 Å². The van der Waals surface area contributed by atoms with Gasteiger partial charge >= 0.3 is 5.97 Å². The first-order valence-corrected chi connectivity index (χ1v) is 7.04. The van der Waals surface area contributed by atoms with E-state index in [0.717, 1.165) is 0 Å². The van der Waals surface area contributed by atoms with Gasteiger partial charge in [-0.2, -0.15) is 0 Å². The third-order valence-corrected chi connectivity index (χ3v) is 4.41. The van der Waals surface area contributed by atoms with E-state index in [0.29, 0.717) is 25.2 Å². The number of carbonyl (C=O) groups is 1. The fraction of sp³-hybridized carbons (Fsp3) is 0.500. The summed E-state index contributed by atoms with van der Waals surface area (Å²) in [6.07, 6.45) is 0.949. The Kier molecular flexibility index (Phi) is 4.45. The van der Waals surface area contributed by atoms with Crippen LogP contribution in [0.15, 0.2) is 24.3 Å². The molecule has 0 aromatic heterocycles. The summed E-state index contributed by atoms with van der Waals surface area (Å²) in [5, 5.41) is 0. The molecule has 0 amide bonds. The maximum atomic E-state index is 12.7. The van der Waals surface area contributed by atoms with Gasteiger partial charge in [0.1, 0.15) is 21.3 Å². The number of halogens is 3. The number of esters is 1. The molecule has 0 saturated heterocycles. The van der Waals surface area contributed by atoms with Gasteiger partial charge in [0, 0.05) is 12.8 Å². The van der Waals surface area contributed by atoms with E-state index >= 15 is 0 Å². The number of hydrogen-bond acceptors (Lipinski definition) is 3. The van der Waals surface area contributed by atoms with Crippen molar-refractivity contribution in [1.82, 2.24) is 0 Å². The summed E-state index contributed by atoms with van der Waals surface area (Å²) in [5.74, 6) is -0.119. The minimum Gasteiger partial charge on any atom is -0.493 e. The summed E-state index contributed by atoms with van der Waals surface area (Å²) in [6, 6.07) is 5.73. The van der Waals surface area contributed by atoms with Gasteiger partial charge in [-0.15, -0.1) is 23.2 Å². The summed E-state index contributed by atoms with van der Waals surface area (Å²) in [5.41, 5.74) is -0.798. The lowest BCUT2D eigenvalue weighted by Gasteiger charge is -2.12. The van der Waals surface area contributed by atoms with E-state index in [1.807, 2.05) is 0 Å². The Hall–Kier alpha value is -1.00. The van der Waals surface area contributed by atoms with E-state index in [2.05, 4.69) is 0 Å². The van der Waals surface area contributed by atoms with Crippen molar-refractivity contribution >= 4 is 29.2 Å². The highest BCUT2D eigenvalue weighted by molar-refractivity contribution is 6.53. The highest BCUT2D eigenvalue weighted by Gasteiger charge is 2.69. The zero-order valence-electron chi connectivity index (χ0n) is 11.0. The zero-order valence-corrected chi connectivity index (χ0v) is 12.5. The number of alkyl halides is 2. The summed E-state index contributed by atoms with van der Waals surface area (Å²) in [4.78, 5) is 11.7. The third kappa shape index (κ3) is 3.36. The Morgan fingerprint density at radius 3 is 2.45 bits per heavy atom. The van der Waals surface area contributed by atoms with Gasteiger partial charge in [0.15, 0.2) is 0 Å². The molecule has 6 heteroatoms. The monoisotopic (exact) mass is 320 g/mol. The fourth-order valence-electron chi connectivity index (χ4n) is 1.73. The van der Waals surface area contributed by atoms with Crippen molar-refractivity contribution in [3.8, 4) is 5.75 Å². The molecule has 1 atom stereocenters. The molecule has 110 valence electrons. The van der Waals surface area contributed by atoms with Crippen molar-refractivity contribution in [3.05, 3.63) is 30.1 Å². The minimum absolute atomic E-state index is 0.236. The van der Waals surface area contributed by atoms with Gasteiger partial charge in [0.25, 0.3) is 0 Å². The topological polar surface area (TPSA) is 35.5 Å². The SMILES string of the molecule is CC1(C(=O)OCCCOc2ccc(F)cc2)CC1(Cl)Cl. The van der Waals surface area contributed by atoms with Crippen molar-refractivity contribution < 1.29 is 18.7 Å². The molecule has 0 heterocycles. The zero-order chi connectivity index (χ0) is 14.8. The molecule has 1 aliphatic carbocycles. The number of hydrogen-bond donors (Lipinski definition) is 0. The highest BCUT2D eigenvalue weighted by atomic mass is 35.5. The van der Waals surface area contributed by atoms with Crippen LogP contribution in [0.1, 0.15) is 19.8 Å². The molecule has 1 aromatic rings. The molecule has 0 spiro atoms. The second kappa shape index (κ2) is 5.78. The first-order valence-electron chi connectivity index (χ1n) is 6.29. The maximum absolute atomic E-state index is 12.7. The molecule has 3 nitrogen and oxygen atoms in total. The van der Waals surface area contributed by atoms with Crippen molar-refractivity contribution in [2.24, 2.45) is 5.41 Å². The number of benzene rings is 1. The second-order valence-corrected chi connectivity index (χ2v) is 6.49. The van der Waals surface area contributed by atoms with E-state index in [-0.39, 0.29) is 18.4 Å². The molecule has 0 N–H and O–H groups in total. The van der Waals surface area contributed by atoms with Crippen molar-refractivity contribution in [3.63, 3.8) is 0 Å². The molecule has 20 heavy (non-hydrogen) atoms. The van der Waals surface area contributed by atoms with Gasteiger partial charge in [0.05, 0.1) is 13.2 Å². The number of ether oxygens (including phenoxy) is 2. The van der Waals surface area contributed by atoms with Gasteiger partial charge < -0.3 is 9.47 Å². The third-order valence-electron chi connectivity index (χ3n) is 3.31. The van der Waals surface area contributed by atoms with Crippen LogP contribution in [0.4, 0.5) is 4.39 Å². The summed E-state index contributed by atoms with van der Waals surface area (Å²) in [6.45, 7) is 2.30. The lowest BCUT2D eigenvalue weighted by atomic mass is 10.1. The molecule has 0 radical (unpaired) electrons. The van der Waals surface area contributed by atoms with Gasteiger partial charge in [-0.3, -0.25) is 4.79 Å². The van der Waals surface area contributed by atoms with E-state index in [1.54, 1.807) is 19.1 Å². The highest BCUT2D eigenvalue weighted by Crippen LogP contribution is 2.64. The summed E-state index contributed by atoms with van der Waals surface area (Å²) >= 11 is 11.8. The quantitative estimate of drug-likeness (QED) is 0.455. The van der Waals surface area contributed by atoms with E-state index in [4.69, 9.17) is 32.7 Å². The predicted octanol–water partition coefficient (Wildman–Crippen LogP) is 3.72. The van der Waals surface area contributed by atoms with Gasteiger partial charge in [-0.25, -0.2) is 4.39 Å². The Morgan fingerprint density at radius 1 is 1.30 bits per heavy atom. The van der Waals surface area contributed by atoms with Crippen LogP contribution in [0, 0.1) is 11.2 Å². The van der Waals surface area contributed by atoms with E-state index in [1.165, 1.54) is 12.1 Å². The molecule has 2 rings (SSSR count). The molecular formula is C14H15Cl2FO3. The Balaban J connectivity index is 1.63. The van der Waals surface area contributed by atoms with Crippen molar-refractivity contribution in [2.45, 2.75) is 24.1 Å². The molecule has 1 unspecified atom stereocenters. The Labute approximate surface area is 127 Å². The van der Waals surface area contributed by atoms with Crippen LogP contribution < -0.4 is 4.74 Å². The van der Waals surface area contributed by atoms with Gasteiger partial charge in [0.2, 0.25) is 0 Å². The minimum atomic E-state index is -1.01. The van der Waals surface area contributed by atoms with Crippen molar-refractivity contribution in [2.75, 3.05) is 13.2 Å². The van der Waals surface area contributed by atoms with Crippen molar-refractivity contribution in [1.29, 1.82) is 0 Å². The second-order valence-electron chi connectivity index (χ2n) is 5.01. The van der Waals surface area contributed by atoms with Gasteiger partial charge in [-0.1, -0.05) is 0 Å². The average Bonchev–Trinajstić information content (AvgIpc) is 2.91. The number of carbonyl (C=O) groups excluding carboxylic acids is 1. The lowest BCUT2D eigenvalue weighted by Crippen LogP contribution is -2.22. The van der Waals surface area contributed by atoms with Crippen LogP contribution in [0.5, 0.6) is 5.75 Å². The molecule has 0 bridgehead atoms. The lowest BCUT2D eigenvalue weighted by molar-refractivity contribution is -0.149. The largest absolute Gasteiger partial charge is 0.493 e. The molecule has 0 aliphatic heterocycles. The Bertz CT molecular complexity index is 490. The van der Waals surface area contributed by atoms with Gasteiger partial charge in [-0.05, 0) is 31.2 Å². The Morgan fingerprint density at radius 2 is 1.90 bits per heavy atom.